The number of hydrogen-bond donors (Lipinski definition) is 0. The van der Waals surface area contributed by atoms with Gasteiger partial charge in [0.1, 0.15) is 0 Å². The third kappa shape index (κ3) is 2.72. The second-order valence-corrected chi connectivity index (χ2v) is 9.39. The number of rotatable bonds is 2. The molecule has 0 aliphatic carbocycles. The minimum atomic E-state index is -1.53. The quantitative estimate of drug-likeness (QED) is 0.777. The van der Waals surface area contributed by atoms with Crippen LogP contribution in [0, 0.1) is 22.7 Å². The van der Waals surface area contributed by atoms with Gasteiger partial charge in [-0.25, -0.2) is 0 Å². The summed E-state index contributed by atoms with van der Waals surface area (Å²) in [4.78, 5) is 2.28. The van der Waals surface area contributed by atoms with Crippen molar-refractivity contribution in [2.75, 3.05) is 0 Å². The van der Waals surface area contributed by atoms with Crippen molar-refractivity contribution in [3.63, 3.8) is 0 Å². The molecule has 2 rings (SSSR count). The Labute approximate surface area is 114 Å². The first kappa shape index (κ1) is 12.7. The van der Waals surface area contributed by atoms with Crippen LogP contribution in [0.5, 0.6) is 0 Å². The zero-order valence-electron chi connectivity index (χ0n) is 9.92. The Hall–Kier alpha value is -1.79. The molecule has 2 aromatic rings. The van der Waals surface area contributed by atoms with Crippen LogP contribution in [0.25, 0.3) is 0 Å². The number of nitriles is 2. The van der Waals surface area contributed by atoms with Crippen molar-refractivity contribution >= 4 is 26.8 Å². The molecule has 0 fully saturated rings. The van der Waals surface area contributed by atoms with Crippen molar-refractivity contribution in [3.8, 4) is 12.1 Å². The van der Waals surface area contributed by atoms with Gasteiger partial charge in [-0.05, 0) is 0 Å². The van der Waals surface area contributed by atoms with Crippen LogP contribution in [0.2, 0.25) is 4.97 Å². The fourth-order valence-electron chi connectivity index (χ4n) is 1.60. The Morgan fingerprint density at radius 3 is 1.33 bits per heavy atom. The summed E-state index contributed by atoms with van der Waals surface area (Å²) < 4.78 is 2.67. The Bertz CT molecular complexity index is 558. The average Bonchev–Trinajstić information content (AvgIpc) is 2.47. The van der Waals surface area contributed by atoms with Gasteiger partial charge >= 0.3 is 114 Å². The molecular formula is C15H11N2Te+. The van der Waals surface area contributed by atoms with Crippen molar-refractivity contribution in [1.29, 1.82) is 10.5 Å². The Balaban J connectivity index is 2.27. The van der Waals surface area contributed by atoms with E-state index in [9.17, 15) is 0 Å². The summed E-state index contributed by atoms with van der Waals surface area (Å²) in [7, 11) is 0. The van der Waals surface area contributed by atoms with Crippen LogP contribution in [0.15, 0.2) is 48.5 Å². The molecule has 0 unspecified atom stereocenters. The van der Waals surface area contributed by atoms with E-state index in [0.717, 1.165) is 0 Å². The summed E-state index contributed by atoms with van der Waals surface area (Å²) in [6.45, 7) is 0. The van der Waals surface area contributed by atoms with Crippen molar-refractivity contribution in [3.05, 3.63) is 59.7 Å². The van der Waals surface area contributed by atoms with Gasteiger partial charge in [0.2, 0.25) is 0 Å². The van der Waals surface area contributed by atoms with Crippen LogP contribution in [0.1, 0.15) is 11.1 Å². The van der Waals surface area contributed by atoms with Gasteiger partial charge < -0.3 is 0 Å². The molecule has 0 heterocycles. The molecule has 0 aliphatic heterocycles. The molecule has 3 heteroatoms. The van der Waals surface area contributed by atoms with Gasteiger partial charge in [0.25, 0.3) is 0 Å². The number of benzene rings is 2. The summed E-state index contributed by atoms with van der Waals surface area (Å²) in [6, 6.07) is 19.9. The fraction of sp³-hybridized carbons (Fsp3) is 0.0667. The van der Waals surface area contributed by atoms with Crippen molar-refractivity contribution in [1.82, 2.24) is 0 Å². The number of hydrogen-bond acceptors (Lipinski definition) is 2. The maximum absolute atomic E-state index is 8.78. The first-order valence-electron chi connectivity index (χ1n) is 5.41. The van der Waals surface area contributed by atoms with Gasteiger partial charge in [0, 0.05) is 0 Å². The predicted molar refractivity (Wildman–Crippen MR) is 73.2 cm³/mol. The second kappa shape index (κ2) is 5.70. The number of nitrogens with zero attached hydrogens (tertiary/aromatic N) is 2. The summed E-state index contributed by atoms with van der Waals surface area (Å²) in [5, 5.41) is 17.6. The Kier molecular flexibility index (Phi) is 4.01. The molecular weight excluding hydrogens is 336 g/mol. The Morgan fingerprint density at radius 2 is 1.06 bits per heavy atom. The van der Waals surface area contributed by atoms with E-state index in [2.05, 4.69) is 17.1 Å². The summed E-state index contributed by atoms with van der Waals surface area (Å²) in [6.07, 6.45) is 0. The topological polar surface area (TPSA) is 47.6 Å². The van der Waals surface area contributed by atoms with E-state index in [0.29, 0.717) is 11.1 Å². The van der Waals surface area contributed by atoms with Crippen LogP contribution in [0.3, 0.4) is 0 Å². The van der Waals surface area contributed by atoms with Crippen molar-refractivity contribution in [2.45, 2.75) is 4.97 Å². The average molecular weight is 347 g/mol. The summed E-state index contributed by atoms with van der Waals surface area (Å²) in [5.74, 6) is 0. The molecule has 0 amide bonds. The summed E-state index contributed by atoms with van der Waals surface area (Å²) in [5.41, 5.74) is 1.40. The van der Waals surface area contributed by atoms with E-state index in [1.54, 1.807) is 0 Å². The van der Waals surface area contributed by atoms with Crippen LogP contribution in [-0.2, 0) is 0 Å². The van der Waals surface area contributed by atoms with Crippen molar-refractivity contribution in [2.24, 2.45) is 0 Å². The minimum absolute atomic E-state index is 0.699. The molecule has 0 N–H and O–H groups in total. The maximum atomic E-state index is 8.78. The van der Waals surface area contributed by atoms with E-state index in [4.69, 9.17) is 10.5 Å². The third-order valence-corrected chi connectivity index (χ3v) is 8.26. The second-order valence-electron chi connectivity index (χ2n) is 3.78. The van der Waals surface area contributed by atoms with E-state index >= 15 is 0 Å². The molecule has 0 saturated carbocycles. The molecule has 2 nitrogen and oxygen atoms in total. The molecule has 0 radical (unpaired) electrons. The van der Waals surface area contributed by atoms with E-state index in [-0.39, 0.29) is 0 Å². The molecule has 86 valence electrons. The van der Waals surface area contributed by atoms with E-state index < -0.39 is 19.6 Å². The monoisotopic (exact) mass is 349 g/mol. The normalized spacial score (nSPS) is 9.78. The molecule has 0 bridgehead atoms. The molecule has 0 saturated heterocycles. The molecule has 0 aromatic heterocycles. The summed E-state index contributed by atoms with van der Waals surface area (Å²) >= 11 is -1.53. The van der Waals surface area contributed by atoms with Gasteiger partial charge in [-0.2, -0.15) is 0 Å². The van der Waals surface area contributed by atoms with Gasteiger partial charge in [0.15, 0.2) is 0 Å². The van der Waals surface area contributed by atoms with Crippen LogP contribution >= 0.6 is 0 Å². The van der Waals surface area contributed by atoms with E-state index in [1.165, 1.54) is 7.22 Å². The standard InChI is InChI=1S/C15H11N2Te/c1-18(14-6-2-12(10-16)3-7-14)15-8-4-13(11-17)5-9-15/h2-9H,1H3/q+1. The van der Waals surface area contributed by atoms with Gasteiger partial charge in [0.05, 0.1) is 0 Å². The Morgan fingerprint density at radius 1 is 0.722 bits per heavy atom. The first-order chi connectivity index (χ1) is 8.74. The first-order valence-corrected chi connectivity index (χ1v) is 10.1. The van der Waals surface area contributed by atoms with Gasteiger partial charge in [-0.1, -0.05) is 0 Å². The molecule has 0 atom stereocenters. The SMILES string of the molecule is C[Te+](c1ccc(C#N)cc1)c1ccc(C#N)cc1. The molecule has 0 spiro atoms. The molecule has 2 aromatic carbocycles. The van der Waals surface area contributed by atoms with Crippen molar-refractivity contribution < 1.29 is 0 Å². The third-order valence-electron chi connectivity index (χ3n) is 2.67. The molecule has 0 aliphatic rings. The van der Waals surface area contributed by atoms with Gasteiger partial charge in [-0.15, -0.1) is 0 Å². The van der Waals surface area contributed by atoms with Crippen LogP contribution in [-0.4, -0.2) is 19.6 Å². The fourth-order valence-corrected chi connectivity index (χ4v) is 5.49. The van der Waals surface area contributed by atoms with Crippen LogP contribution < -0.4 is 7.22 Å². The van der Waals surface area contributed by atoms with Crippen LogP contribution in [0.4, 0.5) is 0 Å². The zero-order chi connectivity index (χ0) is 13.0. The zero-order valence-corrected chi connectivity index (χ0v) is 12.3. The van der Waals surface area contributed by atoms with Gasteiger partial charge in [-0.3, -0.25) is 0 Å². The molecule has 18 heavy (non-hydrogen) atoms. The van der Waals surface area contributed by atoms with E-state index in [1.807, 2.05) is 48.5 Å². The predicted octanol–water partition coefficient (Wildman–Crippen LogP) is 1.67.